The Morgan fingerprint density at radius 1 is 0.618 bits per heavy atom. The van der Waals surface area contributed by atoms with Crippen LogP contribution in [0.4, 0.5) is 0 Å². The molecule has 0 spiro atoms. The molecule has 4 rings (SSSR count). The lowest BCUT2D eigenvalue weighted by molar-refractivity contribution is 0.100. The molecule has 0 saturated carbocycles. The molecule has 0 fully saturated rings. The van der Waals surface area contributed by atoms with Crippen molar-refractivity contribution in [2.45, 2.75) is 66.2 Å². The van der Waals surface area contributed by atoms with E-state index in [-0.39, 0.29) is 11.6 Å². The molecule has 0 aliphatic carbocycles. The smallest absolute Gasteiger partial charge is 0.160 e. The molecule has 0 heterocycles. The lowest BCUT2D eigenvalue weighted by atomic mass is 9.95. The molecule has 4 aromatic rings. The third-order valence-electron chi connectivity index (χ3n) is 6.30. The van der Waals surface area contributed by atoms with Gasteiger partial charge in [-0.25, -0.2) is 0 Å². The zero-order valence-electron chi connectivity index (χ0n) is 21.0. The second-order valence-electron chi connectivity index (χ2n) is 9.03. The van der Waals surface area contributed by atoms with Gasteiger partial charge in [0.2, 0.25) is 0 Å². The number of hydrogen-bond acceptors (Lipinski definition) is 2. The van der Waals surface area contributed by atoms with E-state index in [1.54, 1.807) is 13.8 Å². The van der Waals surface area contributed by atoms with Crippen LogP contribution in [0.15, 0.2) is 72.8 Å². The number of aryl methyl sites for hydroxylation is 2. The van der Waals surface area contributed by atoms with E-state index in [4.69, 9.17) is 0 Å². The Labute approximate surface area is 204 Å². The molecule has 0 aliphatic rings. The second-order valence-corrected chi connectivity index (χ2v) is 9.03. The SMILES string of the molecule is CCCCc1cc(C(C)=O)cc2ccccc12.CCCCc1cc2ccccc2cc1C(C)=O. The fourth-order valence-corrected chi connectivity index (χ4v) is 4.36. The largest absolute Gasteiger partial charge is 0.295 e. The molecule has 2 heteroatoms. The normalized spacial score (nSPS) is 10.7. The molecule has 0 amide bonds. The van der Waals surface area contributed by atoms with E-state index in [1.807, 2.05) is 30.3 Å². The first-order chi connectivity index (χ1) is 16.4. The standard InChI is InChI=1S/2C16H18O/c1-3-4-7-15-10-13-8-5-6-9-14(13)11-16(15)12(2)17;1-3-4-7-13-10-15(12(2)17)11-14-8-5-6-9-16(13)14/h2*5-6,8-11H,3-4,7H2,1-2H3. The van der Waals surface area contributed by atoms with Crippen molar-refractivity contribution in [2.75, 3.05) is 0 Å². The van der Waals surface area contributed by atoms with Crippen molar-refractivity contribution < 1.29 is 9.59 Å². The minimum Gasteiger partial charge on any atom is -0.295 e. The average Bonchev–Trinajstić information content (AvgIpc) is 2.85. The maximum absolute atomic E-state index is 11.7. The Morgan fingerprint density at radius 2 is 1.18 bits per heavy atom. The molecule has 4 aromatic carbocycles. The van der Waals surface area contributed by atoms with Crippen LogP contribution in [0.2, 0.25) is 0 Å². The van der Waals surface area contributed by atoms with Crippen LogP contribution in [0.3, 0.4) is 0 Å². The summed E-state index contributed by atoms with van der Waals surface area (Å²) >= 11 is 0. The summed E-state index contributed by atoms with van der Waals surface area (Å²) in [5.41, 5.74) is 4.21. The van der Waals surface area contributed by atoms with Crippen molar-refractivity contribution in [1.29, 1.82) is 0 Å². The van der Waals surface area contributed by atoms with Gasteiger partial charge >= 0.3 is 0 Å². The Hall–Kier alpha value is -3.26. The van der Waals surface area contributed by atoms with Gasteiger partial charge in [0.05, 0.1) is 0 Å². The third kappa shape index (κ3) is 6.41. The van der Waals surface area contributed by atoms with Crippen molar-refractivity contribution in [1.82, 2.24) is 0 Å². The van der Waals surface area contributed by atoms with Gasteiger partial charge in [-0.2, -0.15) is 0 Å². The van der Waals surface area contributed by atoms with E-state index >= 15 is 0 Å². The summed E-state index contributed by atoms with van der Waals surface area (Å²) in [6.07, 6.45) is 6.70. The topological polar surface area (TPSA) is 34.1 Å². The lowest BCUT2D eigenvalue weighted by Gasteiger charge is -2.09. The maximum atomic E-state index is 11.7. The van der Waals surface area contributed by atoms with Crippen LogP contribution in [-0.4, -0.2) is 11.6 Å². The molecule has 0 unspecified atom stereocenters. The van der Waals surface area contributed by atoms with E-state index in [0.29, 0.717) is 0 Å². The summed E-state index contributed by atoms with van der Waals surface area (Å²) in [4.78, 5) is 23.2. The first kappa shape index (κ1) is 25.4. The quantitative estimate of drug-likeness (QED) is 0.250. The average molecular weight is 453 g/mol. The molecule has 0 radical (unpaired) electrons. The van der Waals surface area contributed by atoms with Crippen molar-refractivity contribution >= 4 is 33.1 Å². The van der Waals surface area contributed by atoms with Crippen molar-refractivity contribution in [2.24, 2.45) is 0 Å². The van der Waals surface area contributed by atoms with Crippen molar-refractivity contribution in [3.63, 3.8) is 0 Å². The zero-order valence-corrected chi connectivity index (χ0v) is 21.0. The number of unbranched alkanes of at least 4 members (excludes halogenated alkanes) is 2. The molecule has 0 bridgehead atoms. The Balaban J connectivity index is 0.000000191. The predicted octanol–water partition coefficient (Wildman–Crippen LogP) is 8.77. The molecule has 2 nitrogen and oxygen atoms in total. The number of carbonyl (C=O) groups is 2. The van der Waals surface area contributed by atoms with E-state index in [1.165, 1.54) is 40.1 Å². The van der Waals surface area contributed by atoms with Gasteiger partial charge < -0.3 is 0 Å². The molecule has 34 heavy (non-hydrogen) atoms. The summed E-state index contributed by atoms with van der Waals surface area (Å²) in [6, 6.07) is 24.8. The molecular formula is C32H36O2. The van der Waals surface area contributed by atoms with Gasteiger partial charge in [-0.1, -0.05) is 81.3 Å². The van der Waals surface area contributed by atoms with Crippen LogP contribution < -0.4 is 0 Å². The summed E-state index contributed by atoms with van der Waals surface area (Å²) in [7, 11) is 0. The molecule has 0 atom stereocenters. The third-order valence-corrected chi connectivity index (χ3v) is 6.30. The van der Waals surface area contributed by atoms with E-state index in [0.717, 1.165) is 42.2 Å². The number of carbonyl (C=O) groups excluding carboxylic acids is 2. The number of Topliss-reactive ketones (excluding diaryl/α,β-unsaturated/α-hetero) is 2. The molecule has 0 saturated heterocycles. The molecule has 176 valence electrons. The number of hydrogen-bond donors (Lipinski definition) is 0. The van der Waals surface area contributed by atoms with Crippen LogP contribution in [0.1, 0.15) is 85.2 Å². The van der Waals surface area contributed by atoms with Crippen LogP contribution >= 0.6 is 0 Å². The first-order valence-electron chi connectivity index (χ1n) is 12.5. The molecule has 0 aromatic heterocycles. The maximum Gasteiger partial charge on any atom is 0.160 e. The van der Waals surface area contributed by atoms with Crippen molar-refractivity contribution in [3.8, 4) is 0 Å². The highest BCUT2D eigenvalue weighted by Gasteiger charge is 2.09. The summed E-state index contributed by atoms with van der Waals surface area (Å²) in [5.74, 6) is 0.315. The summed E-state index contributed by atoms with van der Waals surface area (Å²) in [6.45, 7) is 7.65. The van der Waals surface area contributed by atoms with Crippen LogP contribution in [0.25, 0.3) is 21.5 Å². The number of benzene rings is 4. The van der Waals surface area contributed by atoms with Gasteiger partial charge in [0.1, 0.15) is 0 Å². The molecule has 0 N–H and O–H groups in total. The monoisotopic (exact) mass is 452 g/mol. The number of ketones is 2. The highest BCUT2D eigenvalue weighted by molar-refractivity contribution is 6.00. The lowest BCUT2D eigenvalue weighted by Crippen LogP contribution is -2.00. The minimum atomic E-state index is 0.147. The van der Waals surface area contributed by atoms with Gasteiger partial charge in [-0.05, 0) is 90.4 Å². The Morgan fingerprint density at radius 3 is 1.76 bits per heavy atom. The zero-order chi connectivity index (χ0) is 24.5. The number of fused-ring (bicyclic) bond motifs is 2. The van der Waals surface area contributed by atoms with Gasteiger partial charge in [-0.3, -0.25) is 9.59 Å². The first-order valence-corrected chi connectivity index (χ1v) is 12.5. The van der Waals surface area contributed by atoms with E-state index < -0.39 is 0 Å². The van der Waals surface area contributed by atoms with Gasteiger partial charge in [0.15, 0.2) is 11.6 Å². The molecular weight excluding hydrogens is 416 g/mol. The number of rotatable bonds is 8. The fraction of sp³-hybridized carbons (Fsp3) is 0.312. The van der Waals surface area contributed by atoms with E-state index in [2.05, 4.69) is 56.3 Å². The van der Waals surface area contributed by atoms with Gasteiger partial charge in [-0.15, -0.1) is 0 Å². The van der Waals surface area contributed by atoms with Crippen LogP contribution in [-0.2, 0) is 12.8 Å². The van der Waals surface area contributed by atoms with E-state index in [9.17, 15) is 9.59 Å². The highest BCUT2D eigenvalue weighted by Crippen LogP contribution is 2.24. The predicted molar refractivity (Wildman–Crippen MR) is 145 cm³/mol. The summed E-state index contributed by atoms with van der Waals surface area (Å²) in [5, 5.41) is 4.83. The fourth-order valence-electron chi connectivity index (χ4n) is 4.36. The van der Waals surface area contributed by atoms with Crippen LogP contribution in [0, 0.1) is 0 Å². The second kappa shape index (κ2) is 12.3. The summed E-state index contributed by atoms with van der Waals surface area (Å²) < 4.78 is 0. The van der Waals surface area contributed by atoms with Gasteiger partial charge in [0, 0.05) is 11.1 Å². The minimum absolute atomic E-state index is 0.147. The molecule has 0 aliphatic heterocycles. The van der Waals surface area contributed by atoms with Crippen LogP contribution in [0.5, 0.6) is 0 Å². The van der Waals surface area contributed by atoms with Gasteiger partial charge in [0.25, 0.3) is 0 Å². The Kier molecular flexibility index (Phi) is 9.16. The highest BCUT2D eigenvalue weighted by atomic mass is 16.1. The Bertz CT molecular complexity index is 1280. The van der Waals surface area contributed by atoms with Crippen molar-refractivity contribution in [3.05, 3.63) is 95.1 Å².